The predicted molar refractivity (Wildman–Crippen MR) is 95.8 cm³/mol. The molecule has 7 heteroatoms. The van der Waals surface area contributed by atoms with Gasteiger partial charge >= 0.3 is 5.69 Å². The molecule has 1 amide bonds. The molecule has 0 bridgehead atoms. The average Bonchev–Trinajstić information content (AvgIpc) is 3.03. The van der Waals surface area contributed by atoms with Gasteiger partial charge in [-0.2, -0.15) is 0 Å². The van der Waals surface area contributed by atoms with E-state index >= 15 is 0 Å². The Hall–Kier alpha value is -2.67. The van der Waals surface area contributed by atoms with Crippen LogP contribution in [0.5, 0.6) is 0 Å². The van der Waals surface area contributed by atoms with Gasteiger partial charge in [0.25, 0.3) is 5.56 Å². The molecule has 0 saturated carbocycles. The van der Waals surface area contributed by atoms with E-state index in [9.17, 15) is 14.4 Å². The number of carbonyl (C=O) groups excluding carboxylic acids is 1. The summed E-state index contributed by atoms with van der Waals surface area (Å²) in [5.41, 5.74) is 1.53. The molecule has 0 aliphatic rings. The zero-order valence-corrected chi connectivity index (χ0v) is 14.0. The van der Waals surface area contributed by atoms with Gasteiger partial charge in [0, 0.05) is 18.7 Å². The molecule has 0 spiro atoms. The first-order valence-electron chi connectivity index (χ1n) is 7.67. The van der Waals surface area contributed by atoms with Gasteiger partial charge in [-0.25, -0.2) is 4.79 Å². The first-order valence-corrected chi connectivity index (χ1v) is 8.55. The molecule has 0 atom stereocenters. The molecule has 3 aromatic rings. The lowest BCUT2D eigenvalue weighted by Crippen LogP contribution is -2.35. The minimum absolute atomic E-state index is 0.0430. The van der Waals surface area contributed by atoms with Crippen molar-refractivity contribution in [1.82, 2.24) is 9.55 Å². The Labute approximate surface area is 141 Å². The van der Waals surface area contributed by atoms with Gasteiger partial charge in [-0.05, 0) is 35.6 Å². The van der Waals surface area contributed by atoms with Crippen molar-refractivity contribution in [3.05, 3.63) is 62.1 Å². The second-order valence-electron chi connectivity index (χ2n) is 5.40. The third kappa shape index (κ3) is 3.30. The number of nitrogens with zero attached hydrogens (tertiary/aromatic N) is 1. The zero-order chi connectivity index (χ0) is 17.1. The molecule has 0 fully saturated rings. The Morgan fingerprint density at radius 2 is 2.12 bits per heavy atom. The maximum absolute atomic E-state index is 12.3. The van der Waals surface area contributed by atoms with Crippen molar-refractivity contribution in [2.24, 2.45) is 0 Å². The molecule has 1 aromatic carbocycles. The molecule has 0 aliphatic carbocycles. The Morgan fingerprint density at radius 3 is 2.92 bits per heavy atom. The van der Waals surface area contributed by atoms with Crippen LogP contribution in [0.4, 0.5) is 5.69 Å². The lowest BCUT2D eigenvalue weighted by molar-refractivity contribution is -0.116. The largest absolute Gasteiger partial charge is 0.328 e. The van der Waals surface area contributed by atoms with E-state index < -0.39 is 5.69 Å². The van der Waals surface area contributed by atoms with Crippen LogP contribution in [0.1, 0.15) is 18.9 Å². The van der Waals surface area contributed by atoms with E-state index in [1.165, 1.54) is 11.3 Å². The third-order valence-corrected chi connectivity index (χ3v) is 4.68. The quantitative estimate of drug-likeness (QED) is 0.746. The molecule has 3 rings (SSSR count). The molecular formula is C17H17N3O3S. The van der Waals surface area contributed by atoms with Gasteiger partial charge in [0.15, 0.2) is 0 Å². The van der Waals surface area contributed by atoms with Crippen molar-refractivity contribution in [3.63, 3.8) is 0 Å². The van der Waals surface area contributed by atoms with Crippen molar-refractivity contribution in [1.29, 1.82) is 0 Å². The van der Waals surface area contributed by atoms with Crippen LogP contribution in [0.25, 0.3) is 10.2 Å². The number of hydrogen-bond acceptors (Lipinski definition) is 4. The minimum atomic E-state index is -0.494. The molecular weight excluding hydrogens is 326 g/mol. The second-order valence-corrected chi connectivity index (χ2v) is 6.32. The Morgan fingerprint density at radius 1 is 1.29 bits per heavy atom. The first-order chi connectivity index (χ1) is 11.6. The van der Waals surface area contributed by atoms with Gasteiger partial charge in [-0.3, -0.25) is 14.2 Å². The second kappa shape index (κ2) is 6.84. The topological polar surface area (TPSA) is 84.0 Å². The van der Waals surface area contributed by atoms with Crippen molar-refractivity contribution in [2.45, 2.75) is 26.3 Å². The molecule has 0 saturated heterocycles. The van der Waals surface area contributed by atoms with Crippen molar-refractivity contribution < 1.29 is 4.79 Å². The van der Waals surface area contributed by atoms with E-state index in [4.69, 9.17) is 0 Å². The third-order valence-electron chi connectivity index (χ3n) is 3.77. The number of aryl methyl sites for hydroxylation is 1. The summed E-state index contributed by atoms with van der Waals surface area (Å²) in [6, 6.07) is 9.29. The molecule has 0 aliphatic heterocycles. The van der Waals surface area contributed by atoms with Crippen LogP contribution in [0, 0.1) is 0 Å². The Kier molecular flexibility index (Phi) is 4.61. The molecule has 2 aromatic heterocycles. The van der Waals surface area contributed by atoms with E-state index in [0.717, 1.165) is 16.6 Å². The van der Waals surface area contributed by atoms with E-state index in [1.807, 2.05) is 31.2 Å². The van der Waals surface area contributed by atoms with Gasteiger partial charge in [0.05, 0.1) is 5.52 Å². The number of fused-ring (bicyclic) bond motifs is 1. The lowest BCUT2D eigenvalue weighted by Gasteiger charge is -2.08. The summed E-state index contributed by atoms with van der Waals surface area (Å²) in [4.78, 5) is 39.0. The number of H-pyrrole nitrogens is 1. The number of carbonyl (C=O) groups is 1. The Balaban J connectivity index is 1.72. The number of hydrogen-bond donors (Lipinski definition) is 2. The molecule has 124 valence electrons. The fourth-order valence-corrected chi connectivity index (χ4v) is 3.28. The van der Waals surface area contributed by atoms with Gasteiger partial charge in [-0.1, -0.05) is 19.1 Å². The number of thiophene rings is 1. The molecule has 0 radical (unpaired) electrons. The lowest BCUT2D eigenvalue weighted by atomic mass is 10.1. The number of rotatable bonds is 5. The van der Waals surface area contributed by atoms with Crippen molar-refractivity contribution >= 4 is 33.1 Å². The highest BCUT2D eigenvalue weighted by Crippen LogP contribution is 2.13. The van der Waals surface area contributed by atoms with E-state index in [0.29, 0.717) is 15.9 Å². The van der Waals surface area contributed by atoms with Gasteiger partial charge in [0.2, 0.25) is 5.91 Å². The number of amides is 1. The van der Waals surface area contributed by atoms with Crippen LogP contribution < -0.4 is 16.6 Å². The number of aromatic nitrogens is 2. The van der Waals surface area contributed by atoms with Crippen molar-refractivity contribution in [3.8, 4) is 0 Å². The standard InChI is InChI=1S/C17H17N3O3S/c1-2-11-4-3-5-12(10-11)18-14(21)6-8-20-16(22)15-13(7-9-24-15)19-17(20)23/h3-5,7,9-10H,2,6,8H2,1H3,(H,18,21)(H,19,23). The molecule has 6 nitrogen and oxygen atoms in total. The minimum Gasteiger partial charge on any atom is -0.326 e. The molecule has 2 heterocycles. The average molecular weight is 343 g/mol. The molecule has 0 unspecified atom stereocenters. The highest BCUT2D eigenvalue weighted by atomic mass is 32.1. The summed E-state index contributed by atoms with van der Waals surface area (Å²) in [5, 5.41) is 4.54. The number of aromatic amines is 1. The maximum Gasteiger partial charge on any atom is 0.328 e. The van der Waals surface area contributed by atoms with Crippen molar-refractivity contribution in [2.75, 3.05) is 5.32 Å². The number of anilines is 1. The number of nitrogens with one attached hydrogen (secondary N) is 2. The summed E-state index contributed by atoms with van der Waals surface area (Å²) < 4.78 is 1.56. The summed E-state index contributed by atoms with van der Waals surface area (Å²) in [5.74, 6) is -0.235. The van der Waals surface area contributed by atoms with E-state index in [1.54, 1.807) is 11.4 Å². The molecule has 2 N–H and O–H groups in total. The van der Waals surface area contributed by atoms with Gasteiger partial charge < -0.3 is 10.3 Å². The highest BCUT2D eigenvalue weighted by Gasteiger charge is 2.10. The zero-order valence-electron chi connectivity index (χ0n) is 13.2. The van der Waals surface area contributed by atoms with Crippen LogP contribution in [0.3, 0.4) is 0 Å². The maximum atomic E-state index is 12.3. The van der Waals surface area contributed by atoms with Crippen LogP contribution in [0.2, 0.25) is 0 Å². The normalized spacial score (nSPS) is 10.9. The fourth-order valence-electron chi connectivity index (χ4n) is 2.48. The summed E-state index contributed by atoms with van der Waals surface area (Å²) in [6.07, 6.45) is 0.936. The van der Waals surface area contributed by atoms with Crippen LogP contribution >= 0.6 is 11.3 Å². The SMILES string of the molecule is CCc1cccc(NC(=O)CCn2c(=O)[nH]c3ccsc3c2=O)c1. The Bertz CT molecular complexity index is 1000. The van der Waals surface area contributed by atoms with Crippen LogP contribution in [-0.4, -0.2) is 15.5 Å². The summed E-state index contributed by atoms with van der Waals surface area (Å²) in [7, 11) is 0. The van der Waals surface area contributed by atoms with Crippen LogP contribution in [-0.2, 0) is 17.8 Å². The highest BCUT2D eigenvalue weighted by molar-refractivity contribution is 7.17. The predicted octanol–water partition coefficient (Wildman–Crippen LogP) is 2.34. The fraction of sp³-hybridized carbons (Fsp3) is 0.235. The smallest absolute Gasteiger partial charge is 0.326 e. The van der Waals surface area contributed by atoms with E-state index in [-0.39, 0.29) is 24.4 Å². The number of benzene rings is 1. The molecule has 24 heavy (non-hydrogen) atoms. The summed E-state index contributed by atoms with van der Waals surface area (Å²) in [6.45, 7) is 2.08. The monoisotopic (exact) mass is 343 g/mol. The van der Waals surface area contributed by atoms with Gasteiger partial charge in [0.1, 0.15) is 4.70 Å². The van der Waals surface area contributed by atoms with E-state index in [2.05, 4.69) is 10.3 Å². The first kappa shape index (κ1) is 16.2. The summed E-state index contributed by atoms with van der Waals surface area (Å²) >= 11 is 1.27. The van der Waals surface area contributed by atoms with Crippen LogP contribution in [0.15, 0.2) is 45.3 Å². The van der Waals surface area contributed by atoms with Gasteiger partial charge in [-0.15, -0.1) is 11.3 Å².